The Kier molecular flexibility index (Phi) is 8.17. The first-order valence-electron chi connectivity index (χ1n) is 11.1. The zero-order valence-corrected chi connectivity index (χ0v) is 19.4. The summed E-state index contributed by atoms with van der Waals surface area (Å²) in [6, 6.07) is 17.5. The van der Waals surface area contributed by atoms with Crippen LogP contribution in [0.4, 0.5) is 13.2 Å². The molecule has 3 rings (SSSR count). The third-order valence-corrected chi connectivity index (χ3v) is 5.53. The number of amides is 1. The number of ether oxygens (including phenoxy) is 1. The molecule has 5 nitrogen and oxygen atoms in total. The molecule has 0 unspecified atom stereocenters. The van der Waals surface area contributed by atoms with E-state index in [1.807, 2.05) is 38.1 Å². The van der Waals surface area contributed by atoms with Gasteiger partial charge in [0, 0.05) is 12.1 Å². The smallest absolute Gasteiger partial charge is 0.416 e. The molecule has 0 saturated heterocycles. The van der Waals surface area contributed by atoms with Crippen molar-refractivity contribution >= 4 is 11.9 Å². The zero-order valence-electron chi connectivity index (χ0n) is 19.4. The number of carboxylic acid groups (broad SMARTS) is 1. The number of benzene rings is 3. The van der Waals surface area contributed by atoms with E-state index in [-0.39, 0.29) is 25.0 Å². The molecular weight excluding hydrogens is 459 g/mol. The molecule has 0 aliphatic heterocycles. The van der Waals surface area contributed by atoms with Crippen molar-refractivity contribution in [3.63, 3.8) is 0 Å². The summed E-state index contributed by atoms with van der Waals surface area (Å²) in [5, 5.41) is 11.3. The van der Waals surface area contributed by atoms with Crippen LogP contribution >= 0.6 is 0 Å². The molecule has 0 aromatic heterocycles. The molecule has 1 amide bonds. The average molecular weight is 486 g/mol. The first-order valence-corrected chi connectivity index (χ1v) is 11.1. The van der Waals surface area contributed by atoms with Crippen LogP contribution in [-0.4, -0.2) is 23.5 Å². The van der Waals surface area contributed by atoms with E-state index < -0.39 is 17.7 Å². The highest BCUT2D eigenvalue weighted by Gasteiger charge is 2.30. The van der Waals surface area contributed by atoms with Crippen molar-refractivity contribution in [3.05, 3.63) is 89.0 Å². The molecule has 35 heavy (non-hydrogen) atoms. The van der Waals surface area contributed by atoms with Crippen LogP contribution in [0, 0.1) is 6.92 Å². The van der Waals surface area contributed by atoms with Crippen molar-refractivity contribution in [2.24, 2.45) is 0 Å². The van der Waals surface area contributed by atoms with Crippen LogP contribution in [0.25, 0.3) is 11.1 Å². The number of halogens is 3. The van der Waals surface area contributed by atoms with Gasteiger partial charge in [0.05, 0.1) is 12.0 Å². The van der Waals surface area contributed by atoms with E-state index in [0.29, 0.717) is 23.3 Å². The Morgan fingerprint density at radius 2 is 1.57 bits per heavy atom. The minimum absolute atomic E-state index is 0.0475. The van der Waals surface area contributed by atoms with Gasteiger partial charge < -0.3 is 15.2 Å². The van der Waals surface area contributed by atoms with Crippen LogP contribution in [-0.2, 0) is 11.0 Å². The molecule has 184 valence electrons. The van der Waals surface area contributed by atoms with Crippen molar-refractivity contribution < 1.29 is 32.6 Å². The molecule has 0 aliphatic rings. The second kappa shape index (κ2) is 11.1. The van der Waals surface area contributed by atoms with E-state index in [1.54, 1.807) is 18.2 Å². The number of alkyl halides is 3. The second-order valence-corrected chi connectivity index (χ2v) is 8.09. The summed E-state index contributed by atoms with van der Waals surface area (Å²) in [4.78, 5) is 22.8. The summed E-state index contributed by atoms with van der Waals surface area (Å²) in [5.74, 6) is -0.722. The minimum atomic E-state index is -4.37. The highest BCUT2D eigenvalue weighted by molar-refractivity contribution is 5.94. The van der Waals surface area contributed by atoms with Gasteiger partial charge in [0.15, 0.2) is 0 Å². The van der Waals surface area contributed by atoms with Crippen molar-refractivity contribution in [2.75, 3.05) is 6.54 Å². The van der Waals surface area contributed by atoms with Crippen molar-refractivity contribution in [2.45, 2.75) is 39.0 Å². The van der Waals surface area contributed by atoms with Gasteiger partial charge in [0.1, 0.15) is 11.9 Å². The Balaban J connectivity index is 1.69. The van der Waals surface area contributed by atoms with Gasteiger partial charge in [-0.25, -0.2) is 0 Å². The maximum atomic E-state index is 12.8. The van der Waals surface area contributed by atoms with E-state index in [1.165, 1.54) is 12.1 Å². The molecule has 0 radical (unpaired) electrons. The van der Waals surface area contributed by atoms with Crippen LogP contribution < -0.4 is 10.1 Å². The van der Waals surface area contributed by atoms with Gasteiger partial charge in [-0.2, -0.15) is 13.2 Å². The zero-order chi connectivity index (χ0) is 25.6. The minimum Gasteiger partial charge on any atom is -0.485 e. The maximum Gasteiger partial charge on any atom is 0.416 e. The topological polar surface area (TPSA) is 75.6 Å². The Morgan fingerprint density at radius 1 is 0.971 bits per heavy atom. The molecular formula is C27H26F3NO4. The standard InChI is InChI=1S/C27H26F3NO4/c1-3-23(35-24-13-10-21(16-17(24)2)26(34)31-15-14-25(32)33)20-6-4-18(5-7-20)19-8-11-22(12-9-19)27(28,29)30/h4-13,16,23H,3,14-15H2,1-2H3,(H,31,34)(H,32,33)/t23-/m1/s1. The summed E-state index contributed by atoms with van der Waals surface area (Å²) in [6.07, 6.45) is -4.10. The van der Waals surface area contributed by atoms with Gasteiger partial charge in [0.25, 0.3) is 5.91 Å². The molecule has 0 spiro atoms. The van der Waals surface area contributed by atoms with E-state index in [0.717, 1.165) is 28.8 Å². The van der Waals surface area contributed by atoms with Crippen LogP contribution in [0.5, 0.6) is 5.75 Å². The molecule has 2 N–H and O–H groups in total. The largest absolute Gasteiger partial charge is 0.485 e. The SMILES string of the molecule is CC[C@@H](Oc1ccc(C(=O)NCCC(=O)O)cc1C)c1ccc(-c2ccc(C(F)(F)F)cc2)cc1. The fraction of sp³-hybridized carbons (Fsp3) is 0.259. The number of aryl methyl sites for hydroxylation is 1. The Hall–Kier alpha value is -3.81. The second-order valence-electron chi connectivity index (χ2n) is 8.09. The number of carboxylic acids is 1. The van der Waals surface area contributed by atoms with Crippen LogP contribution in [0.2, 0.25) is 0 Å². The Bertz CT molecular complexity index is 1170. The van der Waals surface area contributed by atoms with Crippen molar-refractivity contribution in [1.82, 2.24) is 5.32 Å². The van der Waals surface area contributed by atoms with Gasteiger partial charge in [-0.05, 0) is 65.9 Å². The molecule has 3 aromatic rings. The van der Waals surface area contributed by atoms with Crippen LogP contribution in [0.1, 0.15) is 52.9 Å². The summed E-state index contributed by atoms with van der Waals surface area (Å²) >= 11 is 0. The lowest BCUT2D eigenvalue weighted by Gasteiger charge is -2.20. The number of carbonyl (C=O) groups excluding carboxylic acids is 1. The van der Waals surface area contributed by atoms with Gasteiger partial charge in [0.2, 0.25) is 0 Å². The fourth-order valence-corrected chi connectivity index (χ4v) is 3.59. The average Bonchev–Trinajstić information content (AvgIpc) is 2.82. The normalized spacial score (nSPS) is 12.1. The summed E-state index contributed by atoms with van der Waals surface area (Å²) < 4.78 is 44.6. The summed E-state index contributed by atoms with van der Waals surface area (Å²) in [5.41, 5.74) is 2.89. The molecule has 1 atom stereocenters. The molecule has 0 bridgehead atoms. The summed E-state index contributed by atoms with van der Waals surface area (Å²) in [7, 11) is 0. The van der Waals surface area contributed by atoms with Gasteiger partial charge in [-0.15, -0.1) is 0 Å². The number of hydrogen-bond donors (Lipinski definition) is 2. The van der Waals surface area contributed by atoms with E-state index in [4.69, 9.17) is 9.84 Å². The van der Waals surface area contributed by atoms with E-state index in [2.05, 4.69) is 5.32 Å². The van der Waals surface area contributed by atoms with Gasteiger partial charge in [-0.1, -0.05) is 43.3 Å². The lowest BCUT2D eigenvalue weighted by Crippen LogP contribution is -2.26. The molecule has 8 heteroatoms. The quantitative estimate of drug-likeness (QED) is 0.367. The lowest BCUT2D eigenvalue weighted by atomic mass is 10.00. The molecule has 3 aromatic carbocycles. The highest BCUT2D eigenvalue weighted by atomic mass is 19.4. The van der Waals surface area contributed by atoms with Crippen molar-refractivity contribution in [1.29, 1.82) is 0 Å². The predicted molar refractivity (Wildman–Crippen MR) is 126 cm³/mol. The van der Waals surface area contributed by atoms with E-state index in [9.17, 15) is 22.8 Å². The third-order valence-electron chi connectivity index (χ3n) is 5.53. The van der Waals surface area contributed by atoms with Crippen molar-refractivity contribution in [3.8, 4) is 16.9 Å². The molecule has 0 aliphatic carbocycles. The Labute approximate surface area is 201 Å². The maximum absolute atomic E-state index is 12.8. The first-order chi connectivity index (χ1) is 16.6. The number of aliphatic carboxylic acids is 1. The van der Waals surface area contributed by atoms with E-state index >= 15 is 0 Å². The first kappa shape index (κ1) is 25.8. The Morgan fingerprint density at radius 3 is 2.09 bits per heavy atom. The highest BCUT2D eigenvalue weighted by Crippen LogP contribution is 2.32. The third kappa shape index (κ3) is 6.85. The monoisotopic (exact) mass is 485 g/mol. The van der Waals surface area contributed by atoms with Crippen LogP contribution in [0.15, 0.2) is 66.7 Å². The lowest BCUT2D eigenvalue weighted by molar-refractivity contribution is -0.138. The summed E-state index contributed by atoms with van der Waals surface area (Å²) in [6.45, 7) is 3.85. The fourth-order valence-electron chi connectivity index (χ4n) is 3.59. The number of nitrogens with one attached hydrogen (secondary N) is 1. The van der Waals surface area contributed by atoms with Crippen LogP contribution in [0.3, 0.4) is 0 Å². The number of hydrogen-bond acceptors (Lipinski definition) is 3. The predicted octanol–water partition coefficient (Wildman–Crippen LogP) is 6.42. The molecule has 0 saturated carbocycles. The number of carbonyl (C=O) groups is 2. The molecule has 0 heterocycles. The number of rotatable bonds is 9. The van der Waals surface area contributed by atoms with Gasteiger partial charge in [-0.3, -0.25) is 9.59 Å². The van der Waals surface area contributed by atoms with Gasteiger partial charge >= 0.3 is 12.1 Å². The molecule has 0 fully saturated rings.